The van der Waals surface area contributed by atoms with Gasteiger partial charge in [0.15, 0.2) is 0 Å². The molecule has 2 N–H and O–H groups in total. The second kappa shape index (κ2) is 8.75. The molecule has 3 fully saturated rings. The molecule has 2 aromatic heterocycles. The molecule has 1 aromatic carbocycles. The van der Waals surface area contributed by atoms with Crippen molar-refractivity contribution < 1.29 is 13.9 Å². The van der Waals surface area contributed by atoms with Crippen LogP contribution in [0.4, 0.5) is 10.2 Å². The van der Waals surface area contributed by atoms with Crippen molar-refractivity contribution in [2.24, 2.45) is 5.92 Å². The van der Waals surface area contributed by atoms with Crippen LogP contribution in [-0.4, -0.2) is 63.6 Å². The van der Waals surface area contributed by atoms with Crippen molar-refractivity contribution in [1.29, 1.82) is 0 Å². The van der Waals surface area contributed by atoms with E-state index in [0.29, 0.717) is 37.5 Å². The third-order valence-electron chi connectivity index (χ3n) is 7.81. The first kappa shape index (κ1) is 22.7. The summed E-state index contributed by atoms with van der Waals surface area (Å²) in [6.45, 7) is 6.97. The summed E-state index contributed by atoms with van der Waals surface area (Å²) in [6.07, 6.45) is 7.40. The highest BCUT2D eigenvalue weighted by atomic mass is 19.1. The van der Waals surface area contributed by atoms with Crippen LogP contribution in [0.5, 0.6) is 5.75 Å². The minimum absolute atomic E-state index is 0.0688. The van der Waals surface area contributed by atoms with Gasteiger partial charge in [0.05, 0.1) is 17.1 Å². The Hall–Kier alpha value is -2.71. The lowest BCUT2D eigenvalue weighted by atomic mass is 9.79. The second-order valence-corrected chi connectivity index (χ2v) is 11.1. The number of hydrogen-bond acceptors (Lipinski definition) is 6. The van der Waals surface area contributed by atoms with Gasteiger partial charge in [-0.1, -0.05) is 12.1 Å². The highest BCUT2D eigenvalue weighted by molar-refractivity contribution is 6.00. The van der Waals surface area contributed by atoms with Crippen LogP contribution in [0.3, 0.4) is 0 Å². The van der Waals surface area contributed by atoms with Gasteiger partial charge in [-0.2, -0.15) is 0 Å². The Morgan fingerprint density at radius 3 is 2.80 bits per heavy atom. The minimum Gasteiger partial charge on any atom is -0.491 e. The van der Waals surface area contributed by atoms with E-state index in [-0.39, 0.29) is 11.7 Å². The van der Waals surface area contributed by atoms with Gasteiger partial charge < -0.3 is 19.8 Å². The maximum atomic E-state index is 13.2. The van der Waals surface area contributed by atoms with Gasteiger partial charge in [-0.15, -0.1) is 0 Å². The van der Waals surface area contributed by atoms with Crippen molar-refractivity contribution in [2.45, 2.75) is 63.4 Å². The molecule has 6 rings (SSSR count). The monoisotopic (exact) mass is 479 g/mol. The third-order valence-corrected chi connectivity index (χ3v) is 7.81. The molecule has 2 aliphatic heterocycles. The molecule has 0 radical (unpaired) electrons. The van der Waals surface area contributed by atoms with Gasteiger partial charge >= 0.3 is 0 Å². The average Bonchev–Trinajstić information content (AvgIpc) is 3.34. The van der Waals surface area contributed by atoms with Crippen molar-refractivity contribution in [3.05, 3.63) is 36.8 Å². The van der Waals surface area contributed by atoms with Crippen LogP contribution in [0.25, 0.3) is 22.2 Å². The highest BCUT2D eigenvalue weighted by Gasteiger charge is 2.36. The van der Waals surface area contributed by atoms with E-state index in [1.54, 1.807) is 0 Å². The van der Waals surface area contributed by atoms with E-state index >= 15 is 0 Å². The zero-order chi connectivity index (χ0) is 24.2. The number of nitrogens with two attached hydrogens (primary N) is 1. The van der Waals surface area contributed by atoms with Crippen LogP contribution in [0.15, 0.2) is 36.8 Å². The fourth-order valence-corrected chi connectivity index (χ4v) is 5.84. The van der Waals surface area contributed by atoms with Crippen molar-refractivity contribution in [2.75, 3.05) is 32.0 Å². The quantitative estimate of drug-likeness (QED) is 0.533. The Morgan fingerprint density at radius 2 is 2.06 bits per heavy atom. The van der Waals surface area contributed by atoms with Gasteiger partial charge in [0, 0.05) is 37.4 Å². The Kier molecular flexibility index (Phi) is 5.68. The Bertz CT molecular complexity index is 1220. The average molecular weight is 480 g/mol. The topological polar surface area (TPSA) is 78.4 Å². The maximum absolute atomic E-state index is 13.2. The van der Waals surface area contributed by atoms with Crippen LogP contribution in [0.1, 0.15) is 45.6 Å². The van der Waals surface area contributed by atoms with E-state index in [2.05, 4.69) is 51.6 Å². The van der Waals surface area contributed by atoms with Gasteiger partial charge in [-0.05, 0) is 63.1 Å². The van der Waals surface area contributed by atoms with Gasteiger partial charge in [0.1, 0.15) is 36.3 Å². The molecule has 0 amide bonds. The Morgan fingerprint density at radius 1 is 1.23 bits per heavy atom. The maximum Gasteiger partial charge on any atom is 0.146 e. The van der Waals surface area contributed by atoms with E-state index < -0.39 is 6.17 Å². The highest BCUT2D eigenvalue weighted by Crippen LogP contribution is 2.43. The van der Waals surface area contributed by atoms with Gasteiger partial charge in [-0.25, -0.2) is 14.4 Å². The van der Waals surface area contributed by atoms with E-state index in [1.807, 2.05) is 12.1 Å². The summed E-state index contributed by atoms with van der Waals surface area (Å²) in [5, 5.41) is 0.886. The first-order valence-electron chi connectivity index (χ1n) is 12.7. The fourth-order valence-electron chi connectivity index (χ4n) is 5.84. The number of rotatable bonds is 7. The SMILES string of the molecule is CC1(C)CCC(COc2cccc(-c3cn([C@H]4C[C@@H](CN5CC(F)C5)C4)c4ncnc(N)c34)c2)O1. The predicted molar refractivity (Wildman–Crippen MR) is 134 cm³/mol. The molecule has 1 aliphatic carbocycles. The standard InChI is InChI=1S/C27H34FN5O2/c1-27(2)7-6-22(35-27)15-34-21-5-3-4-18(10-21)23-14-33(26-24(23)25(29)30-16-31-26)20-8-17(9-20)11-32-12-19(28)13-32/h3-5,10,14,16-17,19-20,22H,6-9,11-13,15H2,1-2H3,(H2,29,30,31)/t17-,20+,22?. The summed E-state index contributed by atoms with van der Waals surface area (Å²) in [4.78, 5) is 11.1. The molecule has 0 bridgehead atoms. The molecule has 186 valence electrons. The smallest absolute Gasteiger partial charge is 0.146 e. The second-order valence-electron chi connectivity index (χ2n) is 11.1. The number of nitrogen functional groups attached to an aromatic ring is 1. The van der Waals surface area contributed by atoms with Crippen molar-refractivity contribution in [1.82, 2.24) is 19.4 Å². The number of benzene rings is 1. The predicted octanol–water partition coefficient (Wildman–Crippen LogP) is 4.62. The number of fused-ring (bicyclic) bond motifs is 1. The molecule has 1 atom stereocenters. The lowest BCUT2D eigenvalue weighted by Crippen LogP contribution is -2.51. The van der Waals surface area contributed by atoms with Crippen LogP contribution < -0.4 is 10.5 Å². The lowest BCUT2D eigenvalue weighted by molar-refractivity contribution is -0.0326. The first-order valence-corrected chi connectivity index (χ1v) is 12.7. The number of hydrogen-bond donors (Lipinski definition) is 1. The van der Waals surface area contributed by atoms with Gasteiger partial charge in [0.25, 0.3) is 0 Å². The number of halogens is 1. The van der Waals surface area contributed by atoms with Gasteiger partial charge in [-0.3, -0.25) is 4.90 Å². The molecule has 0 spiro atoms. The summed E-state index contributed by atoms with van der Waals surface area (Å²) in [7, 11) is 0. The van der Waals surface area contributed by atoms with Crippen molar-refractivity contribution in [3.8, 4) is 16.9 Å². The van der Waals surface area contributed by atoms with E-state index in [4.69, 9.17) is 15.2 Å². The largest absolute Gasteiger partial charge is 0.491 e. The van der Waals surface area contributed by atoms with Crippen LogP contribution >= 0.6 is 0 Å². The molecule has 4 heterocycles. The molecule has 1 unspecified atom stereocenters. The number of likely N-dealkylation sites (tertiary alicyclic amines) is 1. The summed E-state index contributed by atoms with van der Waals surface area (Å²) in [5.41, 5.74) is 9.21. The van der Waals surface area contributed by atoms with Crippen LogP contribution in [0.2, 0.25) is 0 Å². The number of nitrogens with zero attached hydrogens (tertiary/aromatic N) is 4. The number of anilines is 1. The van der Waals surface area contributed by atoms with Gasteiger partial charge in [0.2, 0.25) is 0 Å². The minimum atomic E-state index is -0.640. The summed E-state index contributed by atoms with van der Waals surface area (Å²) in [6, 6.07) is 8.51. The molecule has 2 saturated heterocycles. The summed E-state index contributed by atoms with van der Waals surface area (Å²) in [5.74, 6) is 1.91. The third kappa shape index (κ3) is 4.49. The van der Waals surface area contributed by atoms with E-state index in [9.17, 15) is 4.39 Å². The fraction of sp³-hybridized carbons (Fsp3) is 0.556. The molecular formula is C27H34FN5O2. The normalized spacial score (nSPS) is 26.5. The summed E-state index contributed by atoms with van der Waals surface area (Å²) >= 11 is 0. The molecule has 7 nitrogen and oxygen atoms in total. The van der Waals surface area contributed by atoms with Crippen LogP contribution in [0, 0.1) is 5.92 Å². The Balaban J connectivity index is 1.21. The van der Waals surface area contributed by atoms with E-state index in [0.717, 1.165) is 60.1 Å². The van der Waals surface area contributed by atoms with Crippen molar-refractivity contribution >= 4 is 16.9 Å². The van der Waals surface area contributed by atoms with E-state index in [1.165, 1.54) is 6.33 Å². The Labute approximate surface area is 205 Å². The van der Waals surface area contributed by atoms with Crippen molar-refractivity contribution in [3.63, 3.8) is 0 Å². The number of alkyl halides is 1. The molecule has 3 aliphatic rings. The molecule has 3 aromatic rings. The number of ether oxygens (including phenoxy) is 2. The molecule has 35 heavy (non-hydrogen) atoms. The molecular weight excluding hydrogens is 445 g/mol. The zero-order valence-corrected chi connectivity index (χ0v) is 20.5. The molecule has 8 heteroatoms. The van der Waals surface area contributed by atoms with Crippen LogP contribution in [-0.2, 0) is 4.74 Å². The summed E-state index contributed by atoms with van der Waals surface area (Å²) < 4.78 is 27.6. The lowest BCUT2D eigenvalue weighted by Gasteiger charge is -2.43. The first-order chi connectivity index (χ1) is 16.8. The molecule has 1 saturated carbocycles. The number of aromatic nitrogens is 3. The zero-order valence-electron chi connectivity index (χ0n) is 20.5.